The molecule has 0 spiro atoms. The van der Waals surface area contributed by atoms with Crippen LogP contribution in [0.1, 0.15) is 22.4 Å². The average molecular weight is 212 g/mol. The van der Waals surface area contributed by atoms with Gasteiger partial charge in [-0.3, -0.25) is 0 Å². The summed E-state index contributed by atoms with van der Waals surface area (Å²) in [5.74, 6) is -0.431. The molecule has 0 saturated carbocycles. The number of carbonyl (C=O) groups excluding carboxylic acids is 1. The number of carbonyl (C=O) groups is 1. The molecule has 1 atom stereocenters. The molecule has 0 aliphatic carbocycles. The molecular weight excluding hydrogens is 200 g/mol. The molecule has 1 aliphatic rings. The second kappa shape index (κ2) is 4.41. The van der Waals surface area contributed by atoms with Crippen molar-refractivity contribution >= 4 is 5.97 Å². The predicted octanol–water partition coefficient (Wildman–Crippen LogP) is 0.122. The summed E-state index contributed by atoms with van der Waals surface area (Å²) in [7, 11) is 1.29. The topological polar surface area (TPSA) is 73.6 Å². The maximum Gasteiger partial charge on any atom is 0.376 e. The third kappa shape index (κ3) is 2.16. The average Bonchev–Trinajstić information content (AvgIpc) is 2.78. The third-order valence-electron chi connectivity index (χ3n) is 2.17. The van der Waals surface area contributed by atoms with Gasteiger partial charge in [0.15, 0.2) is 0 Å². The second-order valence-corrected chi connectivity index (χ2v) is 3.17. The predicted molar refractivity (Wildman–Crippen MR) is 49.4 cm³/mol. The van der Waals surface area contributed by atoms with E-state index in [1.807, 2.05) is 0 Å². The van der Waals surface area contributed by atoms with E-state index in [4.69, 9.17) is 9.26 Å². The minimum Gasteiger partial charge on any atom is -0.463 e. The molecule has 0 aromatic carbocycles. The zero-order valence-corrected chi connectivity index (χ0v) is 8.36. The lowest BCUT2D eigenvalue weighted by molar-refractivity contribution is 0.0230. The van der Waals surface area contributed by atoms with Crippen LogP contribution in [-0.2, 0) is 9.47 Å². The first kappa shape index (κ1) is 10.1. The first-order valence-electron chi connectivity index (χ1n) is 4.68. The largest absolute Gasteiger partial charge is 0.463 e. The van der Waals surface area contributed by atoms with Gasteiger partial charge in [-0.25, -0.2) is 4.79 Å². The summed E-state index contributed by atoms with van der Waals surface area (Å²) < 4.78 is 14.8. The minimum absolute atomic E-state index is 0.0988. The third-order valence-corrected chi connectivity index (χ3v) is 2.17. The van der Waals surface area contributed by atoms with Crippen LogP contribution in [0.2, 0.25) is 0 Å². The Balaban J connectivity index is 2.08. The molecular formula is C9H12N2O4. The number of nitrogens with zero attached hydrogens (tertiary/aromatic N) is 1. The first-order chi connectivity index (χ1) is 7.31. The fourth-order valence-electron chi connectivity index (χ4n) is 1.39. The standard InChI is InChI=1S/C9H12N2O4/c1-13-9(12)7-4-6(11-15-7)8-5-10-2-3-14-8/h4,8,10H,2-3,5H2,1H3. The lowest BCUT2D eigenvalue weighted by Gasteiger charge is -2.21. The highest BCUT2D eigenvalue weighted by atomic mass is 16.6. The number of ether oxygens (including phenoxy) is 2. The molecule has 2 heterocycles. The van der Waals surface area contributed by atoms with E-state index in [9.17, 15) is 4.79 Å². The van der Waals surface area contributed by atoms with Gasteiger partial charge in [-0.2, -0.15) is 0 Å². The summed E-state index contributed by atoms with van der Waals surface area (Å²) in [5.41, 5.74) is 0.614. The number of rotatable bonds is 2. The summed E-state index contributed by atoms with van der Waals surface area (Å²) in [5, 5.41) is 6.93. The van der Waals surface area contributed by atoms with Crippen LogP contribution in [0.4, 0.5) is 0 Å². The van der Waals surface area contributed by atoms with Crippen LogP contribution in [0, 0.1) is 0 Å². The molecule has 1 N–H and O–H groups in total. The zero-order valence-electron chi connectivity index (χ0n) is 8.36. The van der Waals surface area contributed by atoms with Crippen LogP contribution in [0.5, 0.6) is 0 Å². The Morgan fingerprint density at radius 2 is 2.60 bits per heavy atom. The normalized spacial score (nSPS) is 21.3. The number of hydrogen-bond donors (Lipinski definition) is 1. The first-order valence-corrected chi connectivity index (χ1v) is 4.68. The van der Waals surface area contributed by atoms with Gasteiger partial charge in [-0.15, -0.1) is 0 Å². The van der Waals surface area contributed by atoms with E-state index in [1.54, 1.807) is 6.07 Å². The number of hydrogen-bond acceptors (Lipinski definition) is 6. The molecule has 0 bridgehead atoms. The van der Waals surface area contributed by atoms with E-state index >= 15 is 0 Å². The fraction of sp³-hybridized carbons (Fsp3) is 0.556. The van der Waals surface area contributed by atoms with Gasteiger partial charge in [-0.1, -0.05) is 5.16 Å². The summed E-state index contributed by atoms with van der Waals surface area (Å²) in [6.45, 7) is 2.14. The van der Waals surface area contributed by atoms with E-state index in [-0.39, 0.29) is 11.9 Å². The van der Waals surface area contributed by atoms with E-state index in [0.717, 1.165) is 6.54 Å². The van der Waals surface area contributed by atoms with Gasteiger partial charge in [-0.05, 0) is 0 Å². The molecule has 1 fully saturated rings. The Morgan fingerprint density at radius 3 is 3.27 bits per heavy atom. The maximum atomic E-state index is 11.1. The number of esters is 1. The number of morpholine rings is 1. The molecule has 1 aromatic rings. The van der Waals surface area contributed by atoms with Crippen molar-refractivity contribution < 1.29 is 18.8 Å². The highest BCUT2D eigenvalue weighted by molar-refractivity contribution is 5.86. The summed E-state index contributed by atoms with van der Waals surface area (Å²) in [4.78, 5) is 11.1. The molecule has 6 heteroatoms. The van der Waals surface area contributed by atoms with E-state index in [2.05, 4.69) is 15.2 Å². The van der Waals surface area contributed by atoms with Crippen molar-refractivity contribution in [2.24, 2.45) is 0 Å². The lowest BCUT2D eigenvalue weighted by atomic mass is 10.2. The van der Waals surface area contributed by atoms with Crippen LogP contribution in [0.25, 0.3) is 0 Å². The van der Waals surface area contributed by atoms with Gasteiger partial charge in [0.2, 0.25) is 5.76 Å². The second-order valence-electron chi connectivity index (χ2n) is 3.17. The Hall–Kier alpha value is -1.40. The molecule has 82 valence electrons. The van der Waals surface area contributed by atoms with Crippen LogP contribution in [-0.4, -0.2) is 37.9 Å². The smallest absolute Gasteiger partial charge is 0.376 e. The van der Waals surface area contributed by atoms with Gasteiger partial charge in [0.1, 0.15) is 11.8 Å². The van der Waals surface area contributed by atoms with Crippen molar-refractivity contribution in [1.29, 1.82) is 0 Å². The van der Waals surface area contributed by atoms with Crippen LogP contribution < -0.4 is 5.32 Å². The van der Waals surface area contributed by atoms with Crippen LogP contribution >= 0.6 is 0 Å². The summed E-state index contributed by atoms with van der Waals surface area (Å²) in [6, 6.07) is 1.55. The van der Waals surface area contributed by atoms with E-state index in [1.165, 1.54) is 7.11 Å². The number of nitrogens with one attached hydrogen (secondary N) is 1. The molecule has 1 unspecified atom stereocenters. The fourth-order valence-corrected chi connectivity index (χ4v) is 1.39. The SMILES string of the molecule is COC(=O)c1cc(C2CNCCO2)no1. The lowest BCUT2D eigenvalue weighted by Crippen LogP contribution is -2.33. The molecule has 1 aromatic heterocycles. The van der Waals surface area contributed by atoms with Gasteiger partial charge in [0, 0.05) is 19.2 Å². The Morgan fingerprint density at radius 1 is 1.73 bits per heavy atom. The Bertz CT molecular complexity index is 344. The molecule has 0 amide bonds. The quantitative estimate of drug-likeness (QED) is 0.702. The van der Waals surface area contributed by atoms with Gasteiger partial charge in [0.25, 0.3) is 0 Å². The van der Waals surface area contributed by atoms with E-state index in [0.29, 0.717) is 18.8 Å². The monoisotopic (exact) mass is 212 g/mol. The molecule has 0 radical (unpaired) electrons. The van der Waals surface area contributed by atoms with Crippen molar-refractivity contribution in [3.05, 3.63) is 17.5 Å². The van der Waals surface area contributed by atoms with Gasteiger partial charge in [0.05, 0.1) is 13.7 Å². The Labute approximate surface area is 86.5 Å². The van der Waals surface area contributed by atoms with Gasteiger partial charge >= 0.3 is 5.97 Å². The van der Waals surface area contributed by atoms with Crippen molar-refractivity contribution in [2.45, 2.75) is 6.10 Å². The summed E-state index contributed by atoms with van der Waals surface area (Å²) in [6.07, 6.45) is -0.152. The van der Waals surface area contributed by atoms with Crippen molar-refractivity contribution in [3.63, 3.8) is 0 Å². The molecule has 15 heavy (non-hydrogen) atoms. The van der Waals surface area contributed by atoms with Crippen molar-refractivity contribution in [2.75, 3.05) is 26.8 Å². The van der Waals surface area contributed by atoms with Gasteiger partial charge < -0.3 is 19.3 Å². The highest BCUT2D eigenvalue weighted by Gasteiger charge is 2.22. The van der Waals surface area contributed by atoms with Crippen molar-refractivity contribution in [3.8, 4) is 0 Å². The summed E-state index contributed by atoms with van der Waals surface area (Å²) >= 11 is 0. The molecule has 1 aliphatic heterocycles. The Kier molecular flexibility index (Phi) is 2.98. The maximum absolute atomic E-state index is 11.1. The van der Waals surface area contributed by atoms with Crippen molar-refractivity contribution in [1.82, 2.24) is 10.5 Å². The molecule has 6 nitrogen and oxygen atoms in total. The molecule has 1 saturated heterocycles. The number of methoxy groups -OCH3 is 1. The van der Waals surface area contributed by atoms with Crippen LogP contribution in [0.15, 0.2) is 10.6 Å². The zero-order chi connectivity index (χ0) is 10.7. The molecule has 2 rings (SSSR count). The van der Waals surface area contributed by atoms with Crippen LogP contribution in [0.3, 0.4) is 0 Å². The highest BCUT2D eigenvalue weighted by Crippen LogP contribution is 2.18. The minimum atomic E-state index is -0.530. The van der Waals surface area contributed by atoms with E-state index < -0.39 is 5.97 Å². The number of aromatic nitrogens is 1.